The van der Waals surface area contributed by atoms with E-state index in [1.54, 1.807) is 31.4 Å². The molecule has 58 valence electrons. The molecule has 1 aromatic carbocycles. The van der Waals surface area contributed by atoms with Crippen LogP contribution in [0.2, 0.25) is 0 Å². The molecule has 0 atom stereocenters. The number of benzene rings is 1. The second kappa shape index (κ2) is 5.78. The molecule has 0 saturated heterocycles. The Labute approximate surface area is 115 Å². The quantitative estimate of drug-likeness (QED) is 0.398. The third kappa shape index (κ3) is 3.29. The predicted molar refractivity (Wildman–Crippen MR) is 42.0 cm³/mol. The summed E-state index contributed by atoms with van der Waals surface area (Å²) in [6, 6.07) is 6.85. The average Bonchev–Trinajstić information content (AvgIpc) is 2.05. The van der Waals surface area contributed by atoms with E-state index in [-0.39, 0.29) is 57.1 Å². The van der Waals surface area contributed by atoms with Crippen LogP contribution in [0.1, 0.15) is 5.56 Å². The van der Waals surface area contributed by atoms with Crippen LogP contribution < -0.4 is 61.2 Å². The zero-order chi connectivity index (χ0) is 8.27. The summed E-state index contributed by atoms with van der Waals surface area (Å²) < 4.78 is 4.92. The molecule has 12 heavy (non-hydrogen) atoms. The maximum atomic E-state index is 10.7. The fourth-order valence-electron chi connectivity index (χ4n) is 0.777. The van der Waals surface area contributed by atoms with Crippen molar-refractivity contribution < 1.29 is 61.2 Å². The van der Waals surface area contributed by atoms with Gasteiger partial charge < -0.3 is 9.84 Å². The van der Waals surface area contributed by atoms with Crippen molar-refractivity contribution >= 4 is 5.76 Å². The maximum absolute atomic E-state index is 10.7. The van der Waals surface area contributed by atoms with Gasteiger partial charge in [0.2, 0.25) is 0 Å². The first-order valence-electron chi connectivity index (χ1n) is 3.24. The molecule has 2 nitrogen and oxygen atoms in total. The summed E-state index contributed by atoms with van der Waals surface area (Å²) >= 11 is 0. The fourth-order valence-corrected chi connectivity index (χ4v) is 0.777. The van der Waals surface area contributed by atoms with E-state index in [1.165, 1.54) is 0 Å². The molecule has 0 unspecified atom stereocenters. The summed E-state index contributed by atoms with van der Waals surface area (Å²) in [7, 11) is 1.58. The van der Waals surface area contributed by atoms with Crippen molar-refractivity contribution in [1.82, 2.24) is 0 Å². The Morgan fingerprint density at radius 3 is 2.17 bits per heavy atom. The van der Waals surface area contributed by atoms with E-state index in [1.807, 2.05) is 0 Å². The molecule has 3 heteroatoms. The maximum Gasteiger partial charge on any atom is 1.00 e. The van der Waals surface area contributed by atoms with Crippen LogP contribution in [0.5, 0.6) is 5.75 Å². The minimum absolute atomic E-state index is 0. The Bertz CT molecular complexity index is 254. The number of rotatable bonds is 2. The zero-order valence-electron chi connectivity index (χ0n) is 7.33. The molecule has 0 aliphatic carbocycles. The van der Waals surface area contributed by atoms with E-state index in [9.17, 15) is 5.11 Å². The topological polar surface area (TPSA) is 32.3 Å². The van der Waals surface area contributed by atoms with Gasteiger partial charge in [0.15, 0.2) is 0 Å². The van der Waals surface area contributed by atoms with Crippen LogP contribution in [0.4, 0.5) is 0 Å². The van der Waals surface area contributed by atoms with Crippen molar-refractivity contribution in [3.05, 3.63) is 36.4 Å². The summed E-state index contributed by atoms with van der Waals surface area (Å²) in [4.78, 5) is 0. The van der Waals surface area contributed by atoms with Crippen LogP contribution in [-0.4, -0.2) is 7.11 Å². The van der Waals surface area contributed by atoms with Gasteiger partial charge in [0.1, 0.15) is 5.75 Å². The summed E-state index contributed by atoms with van der Waals surface area (Å²) in [6.45, 7) is 3.28. The van der Waals surface area contributed by atoms with Gasteiger partial charge in [-0.3, -0.25) is 0 Å². The van der Waals surface area contributed by atoms with Crippen molar-refractivity contribution in [3.8, 4) is 5.75 Å². The third-order valence-corrected chi connectivity index (χ3v) is 1.41. The Kier molecular flexibility index (Phi) is 5.87. The zero-order valence-corrected chi connectivity index (χ0v) is 10.5. The molecule has 0 radical (unpaired) electrons. The minimum atomic E-state index is -0.173. The molecule has 0 amide bonds. The predicted octanol–water partition coefficient (Wildman–Crippen LogP) is -1.97. The minimum Gasteiger partial charge on any atom is -0.872 e. The van der Waals surface area contributed by atoms with Crippen molar-refractivity contribution in [2.45, 2.75) is 0 Å². The second-order valence-corrected chi connectivity index (χ2v) is 2.15. The van der Waals surface area contributed by atoms with E-state index in [2.05, 4.69) is 6.58 Å². The molecule has 1 rings (SSSR count). The Morgan fingerprint density at radius 2 is 1.83 bits per heavy atom. The van der Waals surface area contributed by atoms with Crippen LogP contribution in [0.3, 0.4) is 0 Å². The van der Waals surface area contributed by atoms with Crippen LogP contribution >= 0.6 is 0 Å². The Morgan fingerprint density at radius 1 is 1.33 bits per heavy atom. The third-order valence-electron chi connectivity index (χ3n) is 1.41. The Balaban J connectivity index is 0.00000121. The summed E-state index contributed by atoms with van der Waals surface area (Å²) in [6.07, 6.45) is 0. The standard InChI is InChI=1S/C9H10O2.K/c1-7(10)8-3-5-9(11-2)6-4-8;/h3-6,10H,1H2,2H3;/q;+1/p-1. The monoisotopic (exact) mass is 188 g/mol. The number of hydrogen-bond acceptors (Lipinski definition) is 2. The van der Waals surface area contributed by atoms with Crippen LogP contribution in [-0.2, 0) is 0 Å². The second-order valence-electron chi connectivity index (χ2n) is 2.15. The summed E-state index contributed by atoms with van der Waals surface area (Å²) in [5.41, 5.74) is 0.603. The number of methoxy groups -OCH3 is 1. The first-order chi connectivity index (χ1) is 5.24. The number of ether oxygens (including phenoxy) is 1. The van der Waals surface area contributed by atoms with Crippen LogP contribution in [0, 0.1) is 0 Å². The number of hydrogen-bond donors (Lipinski definition) is 0. The first kappa shape index (κ1) is 12.2. The molecular formula is C9H9KO2. The van der Waals surface area contributed by atoms with Crippen molar-refractivity contribution in [3.63, 3.8) is 0 Å². The van der Waals surface area contributed by atoms with E-state index in [4.69, 9.17) is 4.74 Å². The van der Waals surface area contributed by atoms with E-state index < -0.39 is 0 Å². The van der Waals surface area contributed by atoms with E-state index >= 15 is 0 Å². The van der Waals surface area contributed by atoms with E-state index in [0.29, 0.717) is 5.56 Å². The largest absolute Gasteiger partial charge is 1.00 e. The van der Waals surface area contributed by atoms with Gasteiger partial charge in [-0.2, -0.15) is 0 Å². The molecule has 0 saturated carbocycles. The average molecular weight is 188 g/mol. The van der Waals surface area contributed by atoms with Crippen molar-refractivity contribution in [2.75, 3.05) is 7.11 Å². The van der Waals surface area contributed by atoms with Gasteiger partial charge in [0, 0.05) is 0 Å². The molecular weight excluding hydrogens is 179 g/mol. The van der Waals surface area contributed by atoms with Gasteiger partial charge in [-0.05, 0) is 17.7 Å². The molecule has 0 heterocycles. The SMILES string of the molecule is C=C([O-])c1ccc(OC)cc1.[K+]. The molecule has 0 aliphatic heterocycles. The van der Waals surface area contributed by atoms with Crippen molar-refractivity contribution in [2.24, 2.45) is 0 Å². The molecule has 0 aliphatic rings. The van der Waals surface area contributed by atoms with Crippen LogP contribution in [0.15, 0.2) is 30.8 Å². The van der Waals surface area contributed by atoms with Gasteiger partial charge in [0.25, 0.3) is 0 Å². The van der Waals surface area contributed by atoms with Crippen molar-refractivity contribution in [1.29, 1.82) is 0 Å². The van der Waals surface area contributed by atoms with Gasteiger partial charge in [-0.25, -0.2) is 0 Å². The van der Waals surface area contributed by atoms with Gasteiger partial charge in [-0.15, -0.1) is 12.3 Å². The van der Waals surface area contributed by atoms with Gasteiger partial charge >= 0.3 is 51.4 Å². The molecule has 0 N–H and O–H groups in total. The van der Waals surface area contributed by atoms with E-state index in [0.717, 1.165) is 5.75 Å². The molecule has 0 spiro atoms. The Hall–Kier alpha value is 0.196. The fraction of sp³-hybridized carbons (Fsp3) is 0.111. The first-order valence-corrected chi connectivity index (χ1v) is 3.24. The summed E-state index contributed by atoms with van der Waals surface area (Å²) in [5.74, 6) is 0.572. The van der Waals surface area contributed by atoms with Gasteiger partial charge in [-0.1, -0.05) is 12.1 Å². The molecule has 0 aromatic heterocycles. The summed E-state index contributed by atoms with van der Waals surface area (Å²) in [5, 5.41) is 10.7. The molecule has 0 bridgehead atoms. The van der Waals surface area contributed by atoms with Gasteiger partial charge in [0.05, 0.1) is 7.11 Å². The normalized spacial score (nSPS) is 8.42. The molecule has 1 aromatic rings. The smallest absolute Gasteiger partial charge is 0.872 e. The molecule has 0 fully saturated rings. The van der Waals surface area contributed by atoms with Crippen LogP contribution in [0.25, 0.3) is 5.76 Å².